The maximum atomic E-state index is 12.4. The summed E-state index contributed by atoms with van der Waals surface area (Å²) >= 11 is 0. The number of likely N-dealkylation sites (N-methyl/N-ethyl adjacent to an activating group) is 1. The summed E-state index contributed by atoms with van der Waals surface area (Å²) in [7, 11) is 1.39. The van der Waals surface area contributed by atoms with Crippen molar-refractivity contribution in [2.75, 3.05) is 17.7 Å². The molecule has 9 N–H and O–H groups in total. The van der Waals surface area contributed by atoms with Gasteiger partial charge in [-0.25, -0.2) is 4.90 Å². The number of carbonyl (C=O) groups excluding carboxylic acids is 1. The first kappa shape index (κ1) is 21.6. The van der Waals surface area contributed by atoms with Gasteiger partial charge in [-0.3, -0.25) is 4.79 Å². The van der Waals surface area contributed by atoms with Crippen LogP contribution >= 0.6 is 0 Å². The molecule has 1 fully saturated rings. The van der Waals surface area contributed by atoms with Gasteiger partial charge >= 0.3 is 11.7 Å². The van der Waals surface area contributed by atoms with E-state index in [1.807, 2.05) is 0 Å². The monoisotopic (exact) mass is 423 g/mol. The zero-order valence-electron chi connectivity index (χ0n) is 15.9. The van der Waals surface area contributed by atoms with Gasteiger partial charge in [0.25, 0.3) is 11.8 Å². The second-order valence-corrected chi connectivity index (χ2v) is 7.27. The number of nitrogens with zero attached hydrogens (tertiary/aromatic N) is 5. The number of likely N-dealkylation sites (tertiary alicyclic amines) is 1. The fourth-order valence-electron chi connectivity index (χ4n) is 3.91. The van der Waals surface area contributed by atoms with E-state index in [-0.39, 0.29) is 16.7 Å². The van der Waals surface area contributed by atoms with E-state index >= 15 is 0 Å². The molecule has 162 valence electrons. The summed E-state index contributed by atoms with van der Waals surface area (Å²) in [6.07, 6.45) is 0.918. The Labute approximate surface area is 169 Å². The molecular formula is C16H21N7O7. The third kappa shape index (κ3) is 3.19. The highest BCUT2D eigenvalue weighted by Gasteiger charge is 2.64. The molecular weight excluding hydrogens is 402 g/mol. The van der Waals surface area contributed by atoms with Crippen molar-refractivity contribution >= 4 is 28.7 Å². The number of rotatable bonds is 3. The number of anilines is 2. The van der Waals surface area contributed by atoms with Gasteiger partial charge in [0.05, 0.1) is 5.39 Å². The van der Waals surface area contributed by atoms with E-state index in [4.69, 9.17) is 11.0 Å². The Hall–Kier alpha value is -3.06. The van der Waals surface area contributed by atoms with Crippen LogP contribution in [0.5, 0.6) is 0 Å². The molecule has 2 aromatic heterocycles. The molecule has 0 saturated carbocycles. The normalized spacial score (nSPS) is 23.2. The van der Waals surface area contributed by atoms with Gasteiger partial charge < -0.3 is 46.3 Å². The number of nitrogens with one attached hydrogen (secondary N) is 1. The number of aliphatic hydroxyl groups is 6. The minimum absolute atomic E-state index is 0.124. The number of piperidine rings is 1. The van der Waals surface area contributed by atoms with E-state index in [1.54, 1.807) is 12.3 Å². The molecule has 0 bridgehead atoms. The van der Waals surface area contributed by atoms with Crippen molar-refractivity contribution in [1.82, 2.24) is 19.9 Å². The van der Waals surface area contributed by atoms with Crippen LogP contribution in [-0.4, -0.2) is 87.1 Å². The lowest BCUT2D eigenvalue weighted by molar-refractivity contribution is -0.406. The van der Waals surface area contributed by atoms with E-state index in [9.17, 15) is 35.4 Å². The average molecular weight is 423 g/mol. The minimum atomic E-state index is -3.75. The van der Waals surface area contributed by atoms with Crippen molar-refractivity contribution in [1.29, 1.82) is 5.26 Å². The summed E-state index contributed by atoms with van der Waals surface area (Å²) in [6.45, 7) is 1.44. The summed E-state index contributed by atoms with van der Waals surface area (Å²) in [6, 6.07) is 0.969. The Kier molecular flexibility index (Phi) is 4.86. The first-order valence-corrected chi connectivity index (χ1v) is 8.67. The van der Waals surface area contributed by atoms with Crippen LogP contribution in [0.25, 0.3) is 11.0 Å². The van der Waals surface area contributed by atoms with Gasteiger partial charge in [0.2, 0.25) is 5.95 Å². The number of hydrogen-bond donors (Lipinski definition) is 8. The lowest BCUT2D eigenvalue weighted by Crippen LogP contribution is -2.78. The van der Waals surface area contributed by atoms with Crippen molar-refractivity contribution in [3.05, 3.63) is 12.3 Å². The molecule has 14 nitrogen and oxygen atoms in total. The molecule has 0 radical (unpaired) electrons. The molecule has 2 atom stereocenters. The zero-order chi connectivity index (χ0) is 22.6. The highest BCUT2D eigenvalue weighted by molar-refractivity contribution is 5.89. The number of hydrogen-bond acceptors (Lipinski definition) is 12. The van der Waals surface area contributed by atoms with Crippen molar-refractivity contribution in [2.24, 2.45) is 5.92 Å². The fourth-order valence-corrected chi connectivity index (χ4v) is 3.91. The fraction of sp³-hybridized carbons (Fsp3) is 0.500. The molecule has 1 saturated heterocycles. The number of amides is 1. The number of nitrogen functional groups attached to an aromatic ring is 1. The highest BCUT2D eigenvalue weighted by Crippen LogP contribution is 2.42. The van der Waals surface area contributed by atoms with Gasteiger partial charge in [0.15, 0.2) is 0 Å². The molecule has 1 aliphatic heterocycles. The summed E-state index contributed by atoms with van der Waals surface area (Å²) in [5.74, 6) is -13.3. The van der Waals surface area contributed by atoms with Crippen molar-refractivity contribution in [2.45, 2.75) is 37.0 Å². The van der Waals surface area contributed by atoms with Crippen LogP contribution in [0.3, 0.4) is 0 Å². The zero-order valence-corrected chi connectivity index (χ0v) is 15.9. The van der Waals surface area contributed by atoms with Crippen LogP contribution in [0.15, 0.2) is 12.3 Å². The first-order chi connectivity index (χ1) is 13.7. The SMILES string of the molecule is CC1CC(O)(O)N(C(=O)C(O)(O)C#N)C(O)(O)C1N(C)c1nc(N)nc2[nH]ccc12. The van der Waals surface area contributed by atoms with Gasteiger partial charge in [0, 0.05) is 19.7 Å². The summed E-state index contributed by atoms with van der Waals surface area (Å²) in [5.41, 5.74) is 6.05. The van der Waals surface area contributed by atoms with Crippen molar-refractivity contribution in [3.63, 3.8) is 0 Å². The molecule has 1 aliphatic rings. The predicted molar refractivity (Wildman–Crippen MR) is 98.2 cm³/mol. The number of nitriles is 1. The Morgan fingerprint density at radius 1 is 1.40 bits per heavy atom. The molecule has 3 heterocycles. The lowest BCUT2D eigenvalue weighted by atomic mass is 9.85. The molecule has 2 unspecified atom stereocenters. The van der Waals surface area contributed by atoms with Crippen LogP contribution < -0.4 is 10.6 Å². The van der Waals surface area contributed by atoms with Crippen LogP contribution in [0.2, 0.25) is 0 Å². The van der Waals surface area contributed by atoms with E-state index < -0.39 is 41.9 Å². The summed E-state index contributed by atoms with van der Waals surface area (Å²) in [4.78, 5) is 24.2. The molecule has 0 aliphatic carbocycles. The highest BCUT2D eigenvalue weighted by atomic mass is 16.6. The minimum Gasteiger partial charge on any atom is -0.368 e. The molecule has 0 spiro atoms. The van der Waals surface area contributed by atoms with Gasteiger partial charge in [-0.15, -0.1) is 0 Å². The smallest absolute Gasteiger partial charge is 0.336 e. The summed E-state index contributed by atoms with van der Waals surface area (Å²) in [5, 5.41) is 70.6. The third-order valence-electron chi connectivity index (χ3n) is 5.04. The molecule has 14 heteroatoms. The maximum Gasteiger partial charge on any atom is 0.336 e. The van der Waals surface area contributed by atoms with Gasteiger partial charge in [-0.1, -0.05) is 6.92 Å². The van der Waals surface area contributed by atoms with E-state index in [1.165, 1.54) is 18.9 Å². The summed E-state index contributed by atoms with van der Waals surface area (Å²) < 4.78 is 0. The Morgan fingerprint density at radius 2 is 2.03 bits per heavy atom. The lowest BCUT2D eigenvalue weighted by Gasteiger charge is -2.55. The van der Waals surface area contributed by atoms with Crippen LogP contribution in [0.1, 0.15) is 13.3 Å². The predicted octanol–water partition coefficient (Wildman–Crippen LogP) is -3.31. The Balaban J connectivity index is 2.13. The van der Waals surface area contributed by atoms with Crippen molar-refractivity contribution in [3.8, 4) is 6.07 Å². The molecule has 2 aromatic rings. The largest absolute Gasteiger partial charge is 0.368 e. The van der Waals surface area contributed by atoms with Crippen LogP contribution in [-0.2, 0) is 4.79 Å². The van der Waals surface area contributed by atoms with E-state index in [2.05, 4.69) is 15.0 Å². The molecule has 30 heavy (non-hydrogen) atoms. The average Bonchev–Trinajstić information content (AvgIpc) is 3.06. The number of H-pyrrole nitrogens is 1. The van der Waals surface area contributed by atoms with Crippen LogP contribution in [0.4, 0.5) is 11.8 Å². The molecule has 3 rings (SSSR count). The Bertz CT molecular complexity index is 1030. The van der Waals surface area contributed by atoms with Gasteiger partial charge in [-0.05, 0) is 12.0 Å². The second kappa shape index (κ2) is 6.74. The third-order valence-corrected chi connectivity index (χ3v) is 5.04. The van der Waals surface area contributed by atoms with Gasteiger partial charge in [-0.2, -0.15) is 15.2 Å². The number of carbonyl (C=O) groups is 1. The first-order valence-electron chi connectivity index (χ1n) is 8.67. The number of aromatic nitrogens is 3. The van der Waals surface area contributed by atoms with E-state index in [0.29, 0.717) is 11.0 Å². The molecule has 1 amide bonds. The van der Waals surface area contributed by atoms with Crippen molar-refractivity contribution < 1.29 is 35.4 Å². The topological polar surface area (TPSA) is 236 Å². The number of fused-ring (bicyclic) bond motifs is 1. The Morgan fingerprint density at radius 3 is 2.63 bits per heavy atom. The standard InChI is InChI=1S/C16H21N7O7/c1-7-5-15(27,28)23(12(24)14(25,26)6-17)16(29,30)9(7)22(2)11-8-3-4-19-10(8)20-13(18)21-11/h3-4,7,9,25-30H,5H2,1-2H3,(H3,18,19,20,21). The number of aromatic amines is 1. The van der Waals surface area contributed by atoms with Crippen LogP contribution in [0, 0.1) is 17.2 Å². The van der Waals surface area contributed by atoms with E-state index in [0.717, 1.165) is 6.07 Å². The molecule has 0 aromatic carbocycles. The van der Waals surface area contributed by atoms with Gasteiger partial charge in [0.1, 0.15) is 23.6 Å². The maximum absolute atomic E-state index is 12.4. The second-order valence-electron chi connectivity index (χ2n) is 7.27. The quantitative estimate of drug-likeness (QED) is 0.179. The number of nitrogens with two attached hydrogens (primary N) is 1.